The van der Waals surface area contributed by atoms with E-state index in [1.54, 1.807) is 0 Å². The largest absolute Gasteiger partial charge is 0.459 e. The van der Waals surface area contributed by atoms with Crippen molar-refractivity contribution in [2.24, 2.45) is 10.4 Å². The van der Waals surface area contributed by atoms with Crippen molar-refractivity contribution >= 4 is 11.9 Å². The van der Waals surface area contributed by atoms with E-state index in [9.17, 15) is 4.79 Å². The van der Waals surface area contributed by atoms with Crippen LogP contribution in [0.25, 0.3) is 0 Å². The molecule has 0 aliphatic carbocycles. The lowest BCUT2D eigenvalue weighted by atomic mass is 9.93. The second-order valence-corrected chi connectivity index (χ2v) is 7.09. The molecule has 1 rings (SSSR count). The Morgan fingerprint density at radius 2 is 2.05 bits per heavy atom. The number of nitrogens with zero attached hydrogens (tertiary/aromatic N) is 2. The standard InChI is InChI=1S/C15H29N3O2/c1-7-16-13(18-9-8-15(5,6)11-18)17-10-12(19)20-14(2,3)4/h7-11H2,1-6H3,(H,16,17). The topological polar surface area (TPSA) is 53.9 Å². The smallest absolute Gasteiger partial charge is 0.328 e. The van der Waals surface area contributed by atoms with E-state index < -0.39 is 5.60 Å². The fourth-order valence-corrected chi connectivity index (χ4v) is 2.23. The molecule has 0 unspecified atom stereocenters. The van der Waals surface area contributed by atoms with Crippen molar-refractivity contribution < 1.29 is 9.53 Å². The highest BCUT2D eigenvalue weighted by molar-refractivity contribution is 5.83. The summed E-state index contributed by atoms with van der Waals surface area (Å²) in [5, 5.41) is 3.25. The molecule has 0 saturated carbocycles. The first-order valence-corrected chi connectivity index (χ1v) is 7.38. The first kappa shape index (κ1) is 16.8. The van der Waals surface area contributed by atoms with Crippen LogP contribution in [0.3, 0.4) is 0 Å². The van der Waals surface area contributed by atoms with Gasteiger partial charge in [-0.25, -0.2) is 4.99 Å². The molecule has 1 heterocycles. The molecule has 0 aromatic heterocycles. The molecule has 0 aromatic carbocycles. The van der Waals surface area contributed by atoms with E-state index in [0.29, 0.717) is 5.41 Å². The normalized spacial score (nSPS) is 19.1. The predicted molar refractivity (Wildman–Crippen MR) is 81.8 cm³/mol. The van der Waals surface area contributed by atoms with E-state index in [4.69, 9.17) is 4.74 Å². The maximum atomic E-state index is 11.7. The second kappa shape index (κ2) is 6.46. The Balaban J connectivity index is 2.62. The van der Waals surface area contributed by atoms with Gasteiger partial charge in [-0.3, -0.25) is 4.79 Å². The van der Waals surface area contributed by atoms with Gasteiger partial charge in [0.05, 0.1) is 0 Å². The van der Waals surface area contributed by atoms with Crippen LogP contribution in [0.2, 0.25) is 0 Å². The number of hydrogen-bond donors (Lipinski definition) is 1. The highest BCUT2D eigenvalue weighted by Gasteiger charge is 2.31. The SMILES string of the molecule is CCNC(=NCC(=O)OC(C)(C)C)N1CCC(C)(C)C1. The first-order valence-electron chi connectivity index (χ1n) is 7.38. The molecule has 20 heavy (non-hydrogen) atoms. The van der Waals surface area contributed by atoms with E-state index in [1.165, 1.54) is 0 Å². The molecule has 1 aliphatic rings. The van der Waals surface area contributed by atoms with Crippen molar-refractivity contribution in [2.45, 2.75) is 53.6 Å². The number of esters is 1. The lowest BCUT2D eigenvalue weighted by Crippen LogP contribution is -2.41. The zero-order chi connectivity index (χ0) is 15.4. The Labute approximate surface area is 122 Å². The molecule has 5 nitrogen and oxygen atoms in total. The molecule has 1 aliphatic heterocycles. The molecule has 0 bridgehead atoms. The first-order chi connectivity index (χ1) is 9.13. The van der Waals surface area contributed by atoms with Crippen LogP contribution in [-0.2, 0) is 9.53 Å². The van der Waals surface area contributed by atoms with Crippen LogP contribution >= 0.6 is 0 Å². The van der Waals surface area contributed by atoms with Gasteiger partial charge in [-0.2, -0.15) is 0 Å². The second-order valence-electron chi connectivity index (χ2n) is 7.09. The summed E-state index contributed by atoms with van der Waals surface area (Å²) in [5.41, 5.74) is -0.150. The molecule has 1 fully saturated rings. The third-order valence-corrected chi connectivity index (χ3v) is 3.09. The average Bonchev–Trinajstić information content (AvgIpc) is 2.62. The number of carbonyl (C=O) groups excluding carboxylic acids is 1. The Kier molecular flexibility index (Phi) is 5.42. The summed E-state index contributed by atoms with van der Waals surface area (Å²) in [7, 11) is 0. The predicted octanol–water partition coefficient (Wildman–Crippen LogP) is 2.03. The third kappa shape index (κ3) is 5.80. The Hall–Kier alpha value is -1.26. The Morgan fingerprint density at radius 3 is 2.50 bits per heavy atom. The average molecular weight is 283 g/mol. The Morgan fingerprint density at radius 1 is 1.40 bits per heavy atom. The molecule has 1 N–H and O–H groups in total. The van der Waals surface area contributed by atoms with Gasteiger partial charge in [0.15, 0.2) is 5.96 Å². The maximum Gasteiger partial charge on any atom is 0.328 e. The van der Waals surface area contributed by atoms with E-state index >= 15 is 0 Å². The van der Waals surface area contributed by atoms with Crippen LogP contribution in [-0.4, -0.2) is 48.6 Å². The fourth-order valence-electron chi connectivity index (χ4n) is 2.23. The highest BCUT2D eigenvalue weighted by Crippen LogP contribution is 2.28. The molecule has 0 radical (unpaired) electrons. The van der Waals surface area contributed by atoms with Gasteiger partial charge in [0.25, 0.3) is 0 Å². The van der Waals surface area contributed by atoms with Crippen LogP contribution in [0.15, 0.2) is 4.99 Å². The van der Waals surface area contributed by atoms with E-state index in [0.717, 1.165) is 32.0 Å². The fraction of sp³-hybridized carbons (Fsp3) is 0.867. The number of hydrogen-bond acceptors (Lipinski definition) is 3. The van der Waals surface area contributed by atoms with Gasteiger partial charge in [0.2, 0.25) is 0 Å². The van der Waals surface area contributed by atoms with Gasteiger partial charge >= 0.3 is 5.97 Å². The van der Waals surface area contributed by atoms with Crippen molar-refractivity contribution in [1.29, 1.82) is 0 Å². The molecule has 116 valence electrons. The van der Waals surface area contributed by atoms with Crippen LogP contribution < -0.4 is 5.32 Å². The van der Waals surface area contributed by atoms with E-state index in [1.807, 2.05) is 27.7 Å². The summed E-state index contributed by atoms with van der Waals surface area (Å²) < 4.78 is 5.28. The van der Waals surface area contributed by atoms with Crippen molar-refractivity contribution in [1.82, 2.24) is 10.2 Å². The summed E-state index contributed by atoms with van der Waals surface area (Å²) in [6.45, 7) is 14.9. The van der Waals surface area contributed by atoms with Crippen molar-refractivity contribution in [3.8, 4) is 0 Å². The third-order valence-electron chi connectivity index (χ3n) is 3.09. The Bertz CT molecular complexity index is 370. The van der Waals surface area contributed by atoms with Gasteiger partial charge in [-0.1, -0.05) is 13.8 Å². The van der Waals surface area contributed by atoms with Crippen LogP contribution in [0.1, 0.15) is 48.0 Å². The number of likely N-dealkylation sites (tertiary alicyclic amines) is 1. The number of nitrogens with one attached hydrogen (secondary N) is 1. The lowest BCUT2D eigenvalue weighted by molar-refractivity contribution is -0.152. The number of carbonyl (C=O) groups is 1. The quantitative estimate of drug-likeness (QED) is 0.489. The van der Waals surface area contributed by atoms with Gasteiger partial charge in [0.1, 0.15) is 12.1 Å². The monoisotopic (exact) mass is 283 g/mol. The van der Waals surface area contributed by atoms with Crippen LogP contribution in [0.5, 0.6) is 0 Å². The number of aliphatic imine (C=N–C) groups is 1. The summed E-state index contributed by atoms with van der Waals surface area (Å²) in [6.07, 6.45) is 1.14. The number of guanidine groups is 1. The number of rotatable bonds is 3. The summed E-state index contributed by atoms with van der Waals surface area (Å²) >= 11 is 0. The van der Waals surface area contributed by atoms with Gasteiger partial charge in [-0.15, -0.1) is 0 Å². The minimum absolute atomic E-state index is 0.0660. The van der Waals surface area contributed by atoms with Gasteiger partial charge in [-0.05, 0) is 39.5 Å². The van der Waals surface area contributed by atoms with Gasteiger partial charge < -0.3 is 15.0 Å². The highest BCUT2D eigenvalue weighted by atomic mass is 16.6. The maximum absolute atomic E-state index is 11.7. The molecule has 0 atom stereocenters. The lowest BCUT2D eigenvalue weighted by Gasteiger charge is -2.24. The minimum Gasteiger partial charge on any atom is -0.459 e. The van der Waals surface area contributed by atoms with E-state index in [2.05, 4.69) is 29.1 Å². The molecule has 0 amide bonds. The summed E-state index contributed by atoms with van der Waals surface area (Å²) in [5.74, 6) is 0.523. The van der Waals surface area contributed by atoms with E-state index in [-0.39, 0.29) is 12.5 Å². The summed E-state index contributed by atoms with van der Waals surface area (Å²) in [4.78, 5) is 18.4. The molecular formula is C15H29N3O2. The molecule has 0 spiro atoms. The summed E-state index contributed by atoms with van der Waals surface area (Å²) in [6, 6.07) is 0. The molecule has 0 aromatic rings. The van der Waals surface area contributed by atoms with Crippen molar-refractivity contribution in [3.05, 3.63) is 0 Å². The minimum atomic E-state index is -0.458. The van der Waals surface area contributed by atoms with Crippen molar-refractivity contribution in [3.63, 3.8) is 0 Å². The zero-order valence-electron chi connectivity index (χ0n) is 13.7. The van der Waals surface area contributed by atoms with Crippen molar-refractivity contribution in [2.75, 3.05) is 26.2 Å². The molecule has 5 heteroatoms. The number of ether oxygens (including phenoxy) is 1. The zero-order valence-corrected chi connectivity index (χ0v) is 13.7. The molecular weight excluding hydrogens is 254 g/mol. The molecule has 1 saturated heterocycles. The van der Waals surface area contributed by atoms with Crippen LogP contribution in [0.4, 0.5) is 0 Å². The van der Waals surface area contributed by atoms with Crippen LogP contribution in [0, 0.1) is 5.41 Å². The van der Waals surface area contributed by atoms with Gasteiger partial charge in [0, 0.05) is 19.6 Å².